The zero-order chi connectivity index (χ0) is 9.40. The highest BCUT2D eigenvalue weighted by atomic mass is 35.5. The number of halogens is 1. The van der Waals surface area contributed by atoms with Gasteiger partial charge in [-0.3, -0.25) is 0 Å². The highest BCUT2D eigenvalue weighted by Gasteiger charge is 2.11. The van der Waals surface area contributed by atoms with Gasteiger partial charge >= 0.3 is 6.09 Å². The molecule has 0 bridgehead atoms. The highest BCUT2D eigenvalue weighted by molar-refractivity contribution is 6.18. The van der Waals surface area contributed by atoms with Crippen LogP contribution in [0, 0.1) is 11.3 Å². The molecule has 0 heterocycles. The molecule has 68 valence electrons. The fourth-order valence-electron chi connectivity index (χ4n) is 0.710. The van der Waals surface area contributed by atoms with E-state index in [9.17, 15) is 4.79 Å². The Labute approximate surface area is 76.7 Å². The van der Waals surface area contributed by atoms with E-state index in [1.165, 1.54) is 12.0 Å². The first-order valence-electron chi connectivity index (χ1n) is 3.52. The number of nitrogens with zero attached hydrogens (tertiary/aromatic N) is 2. The number of carbonyl (C=O) groups excluding carboxylic acids is 1. The molecule has 0 saturated heterocycles. The summed E-state index contributed by atoms with van der Waals surface area (Å²) in [4.78, 5) is 12.3. The average Bonchev–Trinajstić information content (AvgIpc) is 2.11. The second-order valence-corrected chi connectivity index (χ2v) is 2.43. The number of amides is 1. The van der Waals surface area contributed by atoms with E-state index in [2.05, 4.69) is 4.74 Å². The van der Waals surface area contributed by atoms with Crippen LogP contribution in [0.2, 0.25) is 0 Å². The Balaban J connectivity index is 3.86. The van der Waals surface area contributed by atoms with Crippen LogP contribution in [0.15, 0.2) is 0 Å². The Morgan fingerprint density at radius 3 is 2.75 bits per heavy atom. The Morgan fingerprint density at radius 1 is 1.67 bits per heavy atom. The monoisotopic (exact) mass is 190 g/mol. The normalized spacial score (nSPS) is 8.75. The van der Waals surface area contributed by atoms with Crippen molar-refractivity contribution < 1.29 is 9.53 Å². The third-order valence-electron chi connectivity index (χ3n) is 1.28. The fourth-order valence-corrected chi connectivity index (χ4v) is 0.914. The molecule has 0 aliphatic rings. The van der Waals surface area contributed by atoms with Crippen molar-refractivity contribution in [2.24, 2.45) is 0 Å². The van der Waals surface area contributed by atoms with Gasteiger partial charge in [-0.05, 0) is 0 Å². The lowest BCUT2D eigenvalue weighted by Gasteiger charge is -2.17. The largest absolute Gasteiger partial charge is 0.453 e. The molecule has 4 nitrogen and oxygen atoms in total. The molecule has 0 saturated carbocycles. The van der Waals surface area contributed by atoms with Crippen molar-refractivity contribution in [1.82, 2.24) is 4.90 Å². The zero-order valence-electron chi connectivity index (χ0n) is 6.92. The molecule has 0 unspecified atom stereocenters. The molecule has 0 aliphatic carbocycles. The van der Waals surface area contributed by atoms with Crippen molar-refractivity contribution in [3.63, 3.8) is 0 Å². The summed E-state index contributed by atoms with van der Waals surface area (Å²) < 4.78 is 4.48. The maximum Gasteiger partial charge on any atom is 0.409 e. The number of ether oxygens (including phenoxy) is 1. The molecule has 0 aromatic carbocycles. The van der Waals surface area contributed by atoms with Crippen molar-refractivity contribution in [1.29, 1.82) is 5.26 Å². The van der Waals surface area contributed by atoms with Crippen LogP contribution in [0.5, 0.6) is 0 Å². The van der Waals surface area contributed by atoms with Gasteiger partial charge in [0.1, 0.15) is 0 Å². The summed E-state index contributed by atoms with van der Waals surface area (Å²) in [5.41, 5.74) is 0. The van der Waals surface area contributed by atoms with E-state index >= 15 is 0 Å². The highest BCUT2D eigenvalue weighted by Crippen LogP contribution is 1.95. The summed E-state index contributed by atoms with van der Waals surface area (Å²) in [7, 11) is 1.30. The van der Waals surface area contributed by atoms with Crippen molar-refractivity contribution >= 4 is 17.7 Å². The van der Waals surface area contributed by atoms with Gasteiger partial charge < -0.3 is 9.64 Å². The molecule has 0 atom stereocenters. The van der Waals surface area contributed by atoms with Crippen LogP contribution in [-0.2, 0) is 4.74 Å². The Bertz CT molecular complexity index is 179. The number of alkyl halides is 1. The standard InChI is InChI=1S/C7H11ClN2O2/c1-12-7(11)10(6-3-8)5-2-4-9/h2-3,5-6H2,1H3. The van der Waals surface area contributed by atoms with Crippen LogP contribution < -0.4 is 0 Å². The average molecular weight is 191 g/mol. The minimum atomic E-state index is -0.439. The lowest BCUT2D eigenvalue weighted by atomic mass is 10.4. The molecule has 0 aromatic rings. The molecule has 0 radical (unpaired) electrons. The van der Waals surface area contributed by atoms with Gasteiger partial charge in [0.15, 0.2) is 0 Å². The molecule has 1 amide bonds. The van der Waals surface area contributed by atoms with Crippen molar-refractivity contribution in [2.75, 3.05) is 26.1 Å². The predicted molar refractivity (Wildman–Crippen MR) is 44.9 cm³/mol. The van der Waals surface area contributed by atoms with E-state index < -0.39 is 6.09 Å². The van der Waals surface area contributed by atoms with Crippen molar-refractivity contribution in [3.8, 4) is 6.07 Å². The molecule has 0 aliphatic heterocycles. The quantitative estimate of drug-likeness (QED) is 0.626. The number of carbonyl (C=O) groups is 1. The summed E-state index contributed by atoms with van der Waals surface area (Å²) in [5, 5.41) is 8.28. The Morgan fingerprint density at radius 2 is 2.33 bits per heavy atom. The summed E-state index contributed by atoms with van der Waals surface area (Å²) >= 11 is 5.44. The van der Waals surface area contributed by atoms with Crippen LogP contribution in [-0.4, -0.2) is 37.1 Å². The van der Waals surface area contributed by atoms with E-state index in [1.807, 2.05) is 6.07 Å². The fraction of sp³-hybridized carbons (Fsp3) is 0.714. The van der Waals surface area contributed by atoms with Gasteiger partial charge in [0.05, 0.1) is 19.6 Å². The Kier molecular flexibility index (Phi) is 6.21. The molecule has 0 aromatic heterocycles. The van der Waals surface area contributed by atoms with Crippen molar-refractivity contribution in [3.05, 3.63) is 0 Å². The third kappa shape index (κ3) is 4.04. The Hall–Kier alpha value is -0.950. The number of rotatable bonds is 4. The smallest absolute Gasteiger partial charge is 0.409 e. The van der Waals surface area contributed by atoms with Crippen LogP contribution in [0.25, 0.3) is 0 Å². The maximum atomic E-state index is 10.9. The van der Waals surface area contributed by atoms with E-state index in [-0.39, 0.29) is 0 Å². The number of methoxy groups -OCH3 is 1. The first-order chi connectivity index (χ1) is 5.76. The van der Waals surface area contributed by atoms with Gasteiger partial charge in [-0.15, -0.1) is 11.6 Å². The van der Waals surface area contributed by atoms with E-state index in [4.69, 9.17) is 16.9 Å². The minimum absolute atomic E-state index is 0.298. The molecule has 12 heavy (non-hydrogen) atoms. The molecule has 0 fully saturated rings. The van der Waals surface area contributed by atoms with E-state index in [1.54, 1.807) is 0 Å². The van der Waals surface area contributed by atoms with Gasteiger partial charge in [0.25, 0.3) is 0 Å². The van der Waals surface area contributed by atoms with Crippen LogP contribution in [0.1, 0.15) is 6.42 Å². The lowest BCUT2D eigenvalue weighted by molar-refractivity contribution is 0.127. The molecule has 0 N–H and O–H groups in total. The molecular formula is C7H11ClN2O2. The van der Waals surface area contributed by atoms with Gasteiger partial charge in [-0.1, -0.05) is 0 Å². The minimum Gasteiger partial charge on any atom is -0.453 e. The second-order valence-electron chi connectivity index (χ2n) is 2.05. The van der Waals surface area contributed by atoms with Gasteiger partial charge in [0.2, 0.25) is 0 Å². The van der Waals surface area contributed by atoms with Gasteiger partial charge in [-0.2, -0.15) is 5.26 Å². The number of nitriles is 1. The van der Waals surface area contributed by atoms with Crippen molar-refractivity contribution in [2.45, 2.75) is 6.42 Å². The maximum absolute atomic E-state index is 10.9. The molecule has 0 spiro atoms. The summed E-state index contributed by atoms with van der Waals surface area (Å²) in [6, 6.07) is 1.94. The lowest BCUT2D eigenvalue weighted by Crippen LogP contribution is -2.33. The predicted octanol–water partition coefficient (Wildman–Crippen LogP) is 1.21. The molecular weight excluding hydrogens is 180 g/mol. The van der Waals surface area contributed by atoms with Gasteiger partial charge in [0, 0.05) is 19.0 Å². The second kappa shape index (κ2) is 6.74. The van der Waals surface area contributed by atoms with Crippen LogP contribution in [0.3, 0.4) is 0 Å². The third-order valence-corrected chi connectivity index (χ3v) is 1.45. The van der Waals surface area contributed by atoms with Crippen LogP contribution in [0.4, 0.5) is 4.79 Å². The topological polar surface area (TPSA) is 53.3 Å². The summed E-state index contributed by atoms with van der Waals surface area (Å²) in [6.45, 7) is 0.784. The number of hydrogen-bond acceptors (Lipinski definition) is 3. The SMILES string of the molecule is COC(=O)N(CCCl)CCC#N. The molecule has 5 heteroatoms. The first-order valence-corrected chi connectivity index (χ1v) is 4.05. The van der Waals surface area contributed by atoms with E-state index in [0.717, 1.165) is 0 Å². The zero-order valence-corrected chi connectivity index (χ0v) is 7.67. The number of hydrogen-bond donors (Lipinski definition) is 0. The molecule has 0 rings (SSSR count). The van der Waals surface area contributed by atoms with Gasteiger partial charge in [-0.25, -0.2) is 4.79 Å². The van der Waals surface area contributed by atoms with E-state index in [0.29, 0.717) is 25.4 Å². The van der Waals surface area contributed by atoms with Crippen LogP contribution >= 0.6 is 11.6 Å². The summed E-state index contributed by atoms with van der Waals surface area (Å²) in [6.07, 6.45) is -0.141. The summed E-state index contributed by atoms with van der Waals surface area (Å²) in [5.74, 6) is 0.348. The first kappa shape index (κ1) is 11.1.